The molecule has 0 saturated heterocycles. The maximum Gasteiger partial charge on any atom is 0.114 e. The zero-order valence-corrected chi connectivity index (χ0v) is 33.2. The van der Waals surface area contributed by atoms with Gasteiger partial charge in [0.2, 0.25) is 0 Å². The molecule has 246 valence electrons. The Morgan fingerprint density at radius 2 is 0.720 bits per heavy atom. The summed E-state index contributed by atoms with van der Waals surface area (Å²) in [4.78, 5) is 0. The summed E-state index contributed by atoms with van der Waals surface area (Å²) in [6, 6.07) is 38.7. The molecule has 0 atom stereocenters. The van der Waals surface area contributed by atoms with E-state index in [1.165, 1.54) is 87.2 Å². The van der Waals surface area contributed by atoms with E-state index in [1.807, 2.05) is 0 Å². The van der Waals surface area contributed by atoms with Crippen LogP contribution in [0.5, 0.6) is 0 Å². The lowest BCUT2D eigenvalue weighted by molar-refractivity contribution is 0.591. The zero-order valence-electron chi connectivity index (χ0n) is 31.2. The van der Waals surface area contributed by atoms with Crippen molar-refractivity contribution in [1.29, 1.82) is 0 Å². The maximum atomic E-state index is 2.63. The molecule has 8 aromatic rings. The Morgan fingerprint density at radius 3 is 1.06 bits per heavy atom. The molecule has 0 aromatic heterocycles. The Labute approximate surface area is 298 Å². The van der Waals surface area contributed by atoms with Gasteiger partial charge in [-0.15, -0.1) is 0 Å². The molecule has 2 heteroatoms. The standard InChI is InChI=1S/C48H46Si2/c1-47(2,3)31-23-35-41-37(25-31)45-44(34-20-28-16-12-14-18-30(28)22-40(34)49(45,7)8)36-24-32(48(4,5)6)26-38(42(36)41)46-43(35)33-19-27-15-11-13-17-29(27)21-39(33)50(46,9)10/h11-26H,1-10H3. The Bertz CT molecular complexity index is 2620. The van der Waals surface area contributed by atoms with E-state index in [1.54, 1.807) is 20.7 Å². The summed E-state index contributed by atoms with van der Waals surface area (Å²) in [7, 11) is -4.24. The highest BCUT2D eigenvalue weighted by molar-refractivity contribution is 7.07. The van der Waals surface area contributed by atoms with Gasteiger partial charge in [-0.3, -0.25) is 0 Å². The predicted octanol–water partition coefficient (Wildman–Crippen LogP) is 11.1. The van der Waals surface area contributed by atoms with Crippen molar-refractivity contribution in [2.75, 3.05) is 0 Å². The topological polar surface area (TPSA) is 0 Å². The van der Waals surface area contributed by atoms with E-state index < -0.39 is 16.1 Å². The van der Waals surface area contributed by atoms with Crippen molar-refractivity contribution < 1.29 is 0 Å². The van der Waals surface area contributed by atoms with Gasteiger partial charge in [0.1, 0.15) is 16.1 Å². The van der Waals surface area contributed by atoms with E-state index in [-0.39, 0.29) is 10.8 Å². The first-order chi connectivity index (χ1) is 23.6. The van der Waals surface area contributed by atoms with Crippen molar-refractivity contribution in [3.05, 3.63) is 108 Å². The highest BCUT2D eigenvalue weighted by Crippen LogP contribution is 2.50. The third-order valence-corrected chi connectivity index (χ3v) is 19.8. The molecule has 0 aliphatic carbocycles. The van der Waals surface area contributed by atoms with Crippen molar-refractivity contribution in [3.63, 3.8) is 0 Å². The fourth-order valence-electron chi connectivity index (χ4n) is 10.1. The lowest BCUT2D eigenvalue weighted by Gasteiger charge is -2.30. The second-order valence-electron chi connectivity index (χ2n) is 18.6. The van der Waals surface area contributed by atoms with Gasteiger partial charge < -0.3 is 0 Å². The van der Waals surface area contributed by atoms with Crippen LogP contribution < -0.4 is 20.7 Å². The molecule has 0 N–H and O–H groups in total. The average molecular weight is 679 g/mol. The van der Waals surface area contributed by atoms with Crippen molar-refractivity contribution in [3.8, 4) is 22.3 Å². The zero-order chi connectivity index (χ0) is 34.9. The van der Waals surface area contributed by atoms with Gasteiger partial charge in [0.15, 0.2) is 0 Å². The van der Waals surface area contributed by atoms with Crippen molar-refractivity contribution in [2.24, 2.45) is 0 Å². The summed E-state index contributed by atoms with van der Waals surface area (Å²) in [5, 5.41) is 20.9. The quantitative estimate of drug-likeness (QED) is 0.111. The Balaban J connectivity index is 1.51. The molecule has 8 aromatic carbocycles. The predicted molar refractivity (Wildman–Crippen MR) is 227 cm³/mol. The highest BCUT2D eigenvalue weighted by Gasteiger charge is 2.45. The van der Waals surface area contributed by atoms with E-state index in [0.717, 1.165) is 0 Å². The first-order valence-corrected chi connectivity index (χ1v) is 24.5. The van der Waals surface area contributed by atoms with E-state index in [2.05, 4.69) is 165 Å². The second kappa shape index (κ2) is 9.34. The molecule has 2 heterocycles. The molecule has 0 spiro atoms. The number of rotatable bonds is 0. The first-order valence-electron chi connectivity index (χ1n) is 18.5. The molecule has 0 nitrogen and oxygen atoms in total. The van der Waals surface area contributed by atoms with Gasteiger partial charge in [-0.25, -0.2) is 0 Å². The minimum Gasteiger partial charge on any atom is -0.0616 e. The summed E-state index contributed by atoms with van der Waals surface area (Å²) < 4.78 is 0. The lowest BCUT2D eigenvalue weighted by Crippen LogP contribution is -2.50. The van der Waals surface area contributed by atoms with Gasteiger partial charge >= 0.3 is 0 Å². The Morgan fingerprint density at radius 1 is 0.400 bits per heavy atom. The molecule has 2 aliphatic heterocycles. The fourth-order valence-corrected chi connectivity index (χ4v) is 16.9. The molecular formula is C48H46Si2. The molecule has 0 saturated carbocycles. The van der Waals surface area contributed by atoms with Gasteiger partial charge in [-0.05, 0) is 143 Å². The van der Waals surface area contributed by atoms with Gasteiger partial charge in [0.05, 0.1) is 0 Å². The highest BCUT2D eigenvalue weighted by atomic mass is 28.3. The summed E-state index contributed by atoms with van der Waals surface area (Å²) >= 11 is 0. The van der Waals surface area contributed by atoms with Crippen LogP contribution in [-0.2, 0) is 10.8 Å². The molecule has 0 fully saturated rings. The Hall–Kier alpha value is -4.25. The van der Waals surface area contributed by atoms with Gasteiger partial charge in [0.25, 0.3) is 0 Å². The number of fused-ring (bicyclic) bond motifs is 12. The van der Waals surface area contributed by atoms with Gasteiger partial charge in [0, 0.05) is 0 Å². The van der Waals surface area contributed by atoms with Crippen LogP contribution >= 0.6 is 0 Å². The smallest absolute Gasteiger partial charge is 0.0616 e. The molecule has 0 bridgehead atoms. The van der Waals surface area contributed by atoms with E-state index in [0.29, 0.717) is 0 Å². The van der Waals surface area contributed by atoms with Crippen molar-refractivity contribution >= 4 is 90.8 Å². The van der Waals surface area contributed by atoms with Crippen LogP contribution in [-0.4, -0.2) is 16.1 Å². The minimum atomic E-state index is -2.12. The summed E-state index contributed by atoms with van der Waals surface area (Å²) in [5.41, 5.74) is 8.95. The van der Waals surface area contributed by atoms with Crippen LogP contribution in [0.3, 0.4) is 0 Å². The fraction of sp³-hybridized carbons (Fsp3) is 0.250. The monoisotopic (exact) mass is 678 g/mol. The summed E-state index contributed by atoms with van der Waals surface area (Å²) in [6.07, 6.45) is 0. The molecule has 0 amide bonds. The lowest BCUT2D eigenvalue weighted by atomic mass is 9.78. The molecule has 2 aliphatic rings. The van der Waals surface area contributed by atoms with Crippen LogP contribution in [0, 0.1) is 0 Å². The Kier molecular flexibility index (Phi) is 5.71. The van der Waals surface area contributed by atoms with Crippen LogP contribution in [0.2, 0.25) is 26.2 Å². The molecule has 50 heavy (non-hydrogen) atoms. The number of hydrogen-bond acceptors (Lipinski definition) is 0. The van der Waals surface area contributed by atoms with Crippen LogP contribution in [0.25, 0.3) is 76.1 Å². The summed E-state index contributed by atoms with van der Waals surface area (Å²) in [5.74, 6) is 0. The second-order valence-corrected chi connectivity index (χ2v) is 27.2. The third kappa shape index (κ3) is 3.76. The molecule has 0 unspecified atom stereocenters. The molecular weight excluding hydrogens is 633 g/mol. The van der Waals surface area contributed by atoms with E-state index in [9.17, 15) is 0 Å². The van der Waals surface area contributed by atoms with Crippen molar-refractivity contribution in [1.82, 2.24) is 0 Å². The van der Waals surface area contributed by atoms with Crippen LogP contribution in [0.1, 0.15) is 52.7 Å². The molecule has 10 rings (SSSR count). The first kappa shape index (κ1) is 30.6. The van der Waals surface area contributed by atoms with Crippen LogP contribution in [0.4, 0.5) is 0 Å². The maximum absolute atomic E-state index is 2.63. The van der Waals surface area contributed by atoms with E-state index >= 15 is 0 Å². The third-order valence-electron chi connectivity index (χ3n) is 12.7. The van der Waals surface area contributed by atoms with E-state index in [4.69, 9.17) is 0 Å². The molecule has 0 radical (unpaired) electrons. The largest absolute Gasteiger partial charge is 0.114 e. The van der Waals surface area contributed by atoms with Crippen LogP contribution in [0.15, 0.2) is 97.1 Å². The average Bonchev–Trinajstić information content (AvgIpc) is 3.44. The minimum absolute atomic E-state index is 0.0211. The van der Waals surface area contributed by atoms with Gasteiger partial charge in [-0.2, -0.15) is 0 Å². The number of hydrogen-bond donors (Lipinski definition) is 0. The summed E-state index contributed by atoms with van der Waals surface area (Å²) in [6.45, 7) is 24.9. The number of benzene rings is 8. The normalized spacial score (nSPS) is 16.1. The van der Waals surface area contributed by atoms with Crippen molar-refractivity contribution in [2.45, 2.75) is 78.6 Å². The SMILES string of the molecule is CC(C)(C)c1cc2c3c(c4cc(C(C)(C)C)cc5c6c(c(c1)c2c54)[Si](C)(C)c1cc2ccccc2cc1-6)[Si](C)(C)c1cc2ccccc2cc1-3. The van der Waals surface area contributed by atoms with Gasteiger partial charge in [-0.1, -0.05) is 141 Å².